The van der Waals surface area contributed by atoms with Gasteiger partial charge in [-0.2, -0.15) is 0 Å². The maximum atomic E-state index is 12.3. The molecule has 1 N–H and O–H groups in total. The Labute approximate surface area is 135 Å². The van der Waals surface area contributed by atoms with Crippen molar-refractivity contribution < 1.29 is 14.7 Å². The van der Waals surface area contributed by atoms with Gasteiger partial charge in [0.25, 0.3) is 0 Å². The average molecular weight is 360 g/mol. The summed E-state index contributed by atoms with van der Waals surface area (Å²) in [6.07, 6.45) is 0. The number of hydrogen-bond acceptors (Lipinski definition) is 3. The van der Waals surface area contributed by atoms with Gasteiger partial charge >= 0.3 is 6.03 Å². The summed E-state index contributed by atoms with van der Waals surface area (Å²) in [5.41, 5.74) is 2.36. The summed E-state index contributed by atoms with van der Waals surface area (Å²) < 4.78 is 0.858. The van der Waals surface area contributed by atoms with Crippen LogP contribution >= 0.6 is 15.9 Å². The standard InChI is InChI=1S/C16H13BrN2O3/c17-11-6-7-13-12(8-11)15(10-4-2-1-3-5-10)19(9-14(20)21)16(22)18-13/h1-8,15H,9H2,(H,18,22)(H,20,21)/p-1. The number of amides is 2. The van der Waals surface area contributed by atoms with E-state index >= 15 is 0 Å². The summed E-state index contributed by atoms with van der Waals surface area (Å²) in [4.78, 5) is 24.6. The van der Waals surface area contributed by atoms with Crippen molar-refractivity contribution in [1.82, 2.24) is 4.90 Å². The van der Waals surface area contributed by atoms with Gasteiger partial charge in [0.2, 0.25) is 0 Å². The highest BCUT2D eigenvalue weighted by atomic mass is 79.9. The lowest BCUT2D eigenvalue weighted by Crippen LogP contribution is -2.48. The van der Waals surface area contributed by atoms with Crippen LogP contribution in [0.25, 0.3) is 0 Å². The molecule has 0 saturated heterocycles. The molecule has 0 spiro atoms. The van der Waals surface area contributed by atoms with Crippen LogP contribution in [0.4, 0.5) is 10.5 Å². The molecule has 2 amide bonds. The minimum atomic E-state index is -1.30. The number of hydrogen-bond donors (Lipinski definition) is 1. The lowest BCUT2D eigenvalue weighted by Gasteiger charge is -2.38. The molecule has 0 aromatic heterocycles. The quantitative estimate of drug-likeness (QED) is 0.912. The van der Waals surface area contributed by atoms with Crippen molar-refractivity contribution in [2.45, 2.75) is 6.04 Å². The molecule has 1 atom stereocenters. The fourth-order valence-electron chi connectivity index (χ4n) is 2.64. The number of aliphatic carboxylic acids is 1. The third-order valence-electron chi connectivity index (χ3n) is 3.54. The number of fused-ring (bicyclic) bond motifs is 1. The molecule has 112 valence electrons. The SMILES string of the molecule is O=C([O-])CN1C(=O)Nc2ccc(Br)cc2C1c1ccccc1. The molecule has 0 fully saturated rings. The molecule has 6 heteroatoms. The smallest absolute Gasteiger partial charge is 0.322 e. The molecule has 2 aromatic carbocycles. The summed E-state index contributed by atoms with van der Waals surface area (Å²) in [7, 11) is 0. The van der Waals surface area contributed by atoms with E-state index in [-0.39, 0.29) is 0 Å². The van der Waals surface area contributed by atoms with Gasteiger partial charge in [-0.05, 0) is 23.8 Å². The fourth-order valence-corrected chi connectivity index (χ4v) is 3.02. The minimum absolute atomic E-state index is 0.451. The van der Waals surface area contributed by atoms with Gasteiger partial charge in [0.15, 0.2) is 0 Å². The molecule has 0 aliphatic carbocycles. The first-order valence-corrected chi connectivity index (χ1v) is 7.47. The molecule has 1 heterocycles. The lowest BCUT2D eigenvalue weighted by molar-refractivity contribution is -0.306. The van der Waals surface area contributed by atoms with Gasteiger partial charge in [0.1, 0.15) is 0 Å². The zero-order chi connectivity index (χ0) is 15.7. The van der Waals surface area contributed by atoms with Crippen LogP contribution in [0.2, 0.25) is 0 Å². The Morgan fingerprint density at radius 1 is 1.23 bits per heavy atom. The van der Waals surface area contributed by atoms with Gasteiger partial charge in [-0.15, -0.1) is 0 Å². The van der Waals surface area contributed by atoms with E-state index in [2.05, 4.69) is 21.2 Å². The third-order valence-corrected chi connectivity index (χ3v) is 4.03. The van der Waals surface area contributed by atoms with E-state index in [0.717, 1.165) is 15.6 Å². The number of nitrogens with zero attached hydrogens (tertiary/aromatic N) is 1. The van der Waals surface area contributed by atoms with Crippen molar-refractivity contribution in [3.63, 3.8) is 0 Å². The van der Waals surface area contributed by atoms with Crippen LogP contribution in [0.15, 0.2) is 53.0 Å². The minimum Gasteiger partial charge on any atom is -0.548 e. The van der Waals surface area contributed by atoms with Crippen LogP contribution in [0.3, 0.4) is 0 Å². The first-order chi connectivity index (χ1) is 10.6. The van der Waals surface area contributed by atoms with E-state index in [1.54, 1.807) is 6.07 Å². The largest absolute Gasteiger partial charge is 0.548 e. The highest BCUT2D eigenvalue weighted by Gasteiger charge is 2.33. The van der Waals surface area contributed by atoms with E-state index in [1.165, 1.54) is 4.90 Å². The van der Waals surface area contributed by atoms with Crippen LogP contribution in [-0.2, 0) is 4.79 Å². The summed E-state index contributed by atoms with van der Waals surface area (Å²) in [6, 6.07) is 13.9. The number of carboxylic acids is 1. The monoisotopic (exact) mass is 359 g/mol. The summed E-state index contributed by atoms with van der Waals surface area (Å²) in [5, 5.41) is 13.7. The Balaban J connectivity index is 2.15. The number of nitrogens with one attached hydrogen (secondary N) is 1. The first-order valence-electron chi connectivity index (χ1n) is 6.68. The molecule has 1 aliphatic heterocycles. The number of carbonyl (C=O) groups excluding carboxylic acids is 2. The molecular weight excluding hydrogens is 348 g/mol. The molecule has 0 saturated carbocycles. The number of benzene rings is 2. The van der Waals surface area contributed by atoms with Crippen molar-refractivity contribution >= 4 is 33.6 Å². The van der Waals surface area contributed by atoms with Gasteiger partial charge in [0.05, 0.1) is 18.6 Å². The van der Waals surface area contributed by atoms with Gasteiger partial charge in [-0.25, -0.2) is 4.79 Å². The van der Waals surface area contributed by atoms with E-state index in [4.69, 9.17) is 0 Å². The van der Waals surface area contributed by atoms with E-state index < -0.39 is 24.6 Å². The van der Waals surface area contributed by atoms with E-state index in [9.17, 15) is 14.7 Å². The number of anilines is 1. The molecule has 1 unspecified atom stereocenters. The second-order valence-corrected chi connectivity index (χ2v) is 5.89. The van der Waals surface area contributed by atoms with Crippen molar-refractivity contribution in [3.8, 4) is 0 Å². The van der Waals surface area contributed by atoms with Gasteiger partial charge < -0.3 is 20.1 Å². The second kappa shape index (κ2) is 5.81. The number of halogens is 1. The number of carbonyl (C=O) groups is 2. The zero-order valence-corrected chi connectivity index (χ0v) is 13.0. The number of rotatable bonds is 3. The summed E-state index contributed by atoms with van der Waals surface area (Å²) in [6.45, 7) is -0.475. The topological polar surface area (TPSA) is 72.5 Å². The lowest BCUT2D eigenvalue weighted by atomic mass is 9.94. The van der Waals surface area contributed by atoms with Gasteiger partial charge in [-0.3, -0.25) is 0 Å². The Bertz CT molecular complexity index is 733. The molecule has 2 aromatic rings. The van der Waals surface area contributed by atoms with Crippen molar-refractivity contribution in [2.75, 3.05) is 11.9 Å². The van der Waals surface area contributed by atoms with Crippen molar-refractivity contribution in [2.24, 2.45) is 0 Å². The average Bonchev–Trinajstić information content (AvgIpc) is 2.49. The fraction of sp³-hybridized carbons (Fsp3) is 0.125. The predicted molar refractivity (Wildman–Crippen MR) is 83.2 cm³/mol. The third kappa shape index (κ3) is 2.69. The van der Waals surface area contributed by atoms with Gasteiger partial charge in [0, 0.05) is 15.7 Å². The van der Waals surface area contributed by atoms with Crippen molar-refractivity contribution in [1.29, 1.82) is 0 Å². The summed E-state index contributed by atoms with van der Waals surface area (Å²) >= 11 is 3.42. The van der Waals surface area contributed by atoms with Crippen LogP contribution in [-0.4, -0.2) is 23.4 Å². The second-order valence-electron chi connectivity index (χ2n) is 4.97. The van der Waals surface area contributed by atoms with Crippen LogP contribution in [0.1, 0.15) is 17.2 Å². The van der Waals surface area contributed by atoms with E-state index in [0.29, 0.717) is 5.69 Å². The van der Waals surface area contributed by atoms with Crippen LogP contribution in [0.5, 0.6) is 0 Å². The maximum absolute atomic E-state index is 12.3. The Hall–Kier alpha value is -2.34. The maximum Gasteiger partial charge on any atom is 0.322 e. The zero-order valence-electron chi connectivity index (χ0n) is 11.5. The highest BCUT2D eigenvalue weighted by molar-refractivity contribution is 9.10. The molecule has 3 rings (SSSR count). The summed E-state index contributed by atoms with van der Waals surface area (Å²) in [5.74, 6) is -1.30. The molecule has 22 heavy (non-hydrogen) atoms. The number of urea groups is 1. The Kier molecular flexibility index (Phi) is 3.85. The number of carboxylic acid groups (broad SMARTS) is 1. The van der Waals surface area contributed by atoms with Crippen molar-refractivity contribution in [3.05, 3.63) is 64.1 Å². The first kappa shape index (κ1) is 14.6. The highest BCUT2D eigenvalue weighted by Crippen LogP contribution is 2.38. The molecule has 1 aliphatic rings. The Morgan fingerprint density at radius 2 is 1.95 bits per heavy atom. The molecular formula is C16H12BrN2O3-. The van der Waals surface area contributed by atoms with Crippen LogP contribution in [0, 0.1) is 0 Å². The van der Waals surface area contributed by atoms with E-state index in [1.807, 2.05) is 42.5 Å². The Morgan fingerprint density at radius 3 is 2.64 bits per heavy atom. The molecule has 0 bridgehead atoms. The normalized spacial score (nSPS) is 16.9. The molecule has 5 nitrogen and oxygen atoms in total. The van der Waals surface area contributed by atoms with Crippen LogP contribution < -0.4 is 10.4 Å². The molecule has 0 radical (unpaired) electrons. The van der Waals surface area contributed by atoms with Gasteiger partial charge in [-0.1, -0.05) is 46.3 Å². The predicted octanol–water partition coefficient (Wildman–Crippen LogP) is 2.14.